The SMILES string of the molecule is CCC(C(=O)NC1CCCC1)N(Cc1ccccc1Cl)C(=O)CN(c1ccc(C)cc1)S(=O)(=O)c1ccc(OC)cc1. The van der Waals surface area contributed by atoms with Crippen molar-refractivity contribution in [1.29, 1.82) is 0 Å². The molecule has 8 nitrogen and oxygen atoms in total. The van der Waals surface area contributed by atoms with Crippen molar-refractivity contribution in [2.45, 2.75) is 69.5 Å². The van der Waals surface area contributed by atoms with Gasteiger partial charge in [-0.05, 0) is 74.2 Å². The first kappa shape index (κ1) is 31.4. The molecule has 1 aliphatic rings. The van der Waals surface area contributed by atoms with Crippen molar-refractivity contribution >= 4 is 39.1 Å². The quantitative estimate of drug-likeness (QED) is 0.283. The molecule has 0 radical (unpaired) electrons. The number of halogens is 1. The fourth-order valence-corrected chi connectivity index (χ4v) is 6.82. The third kappa shape index (κ3) is 7.44. The Balaban J connectivity index is 1.71. The number of nitrogens with zero attached hydrogens (tertiary/aromatic N) is 2. The molecule has 2 amide bonds. The maximum atomic E-state index is 14.2. The molecule has 0 aromatic heterocycles. The number of methoxy groups -OCH3 is 1. The lowest BCUT2D eigenvalue weighted by Gasteiger charge is -2.34. The molecular formula is C32H38ClN3O5S. The summed E-state index contributed by atoms with van der Waals surface area (Å²) >= 11 is 6.48. The third-order valence-electron chi connectivity index (χ3n) is 7.63. The number of carbonyl (C=O) groups is 2. The van der Waals surface area contributed by atoms with Crippen LogP contribution in [0.2, 0.25) is 5.02 Å². The molecule has 0 aliphatic heterocycles. The van der Waals surface area contributed by atoms with Gasteiger partial charge in [-0.15, -0.1) is 0 Å². The summed E-state index contributed by atoms with van der Waals surface area (Å²) in [4.78, 5) is 29.2. The Morgan fingerprint density at radius 2 is 1.64 bits per heavy atom. The summed E-state index contributed by atoms with van der Waals surface area (Å²) in [7, 11) is -2.67. The first-order valence-electron chi connectivity index (χ1n) is 14.2. The number of aryl methyl sites for hydroxylation is 1. The minimum atomic E-state index is -4.17. The van der Waals surface area contributed by atoms with Gasteiger partial charge in [0, 0.05) is 17.6 Å². The van der Waals surface area contributed by atoms with Crippen LogP contribution in [-0.2, 0) is 26.2 Å². The zero-order valence-corrected chi connectivity index (χ0v) is 25.8. The van der Waals surface area contributed by atoms with Crippen LogP contribution < -0.4 is 14.4 Å². The Morgan fingerprint density at radius 3 is 2.24 bits per heavy atom. The predicted molar refractivity (Wildman–Crippen MR) is 165 cm³/mol. The number of sulfonamides is 1. The van der Waals surface area contributed by atoms with Gasteiger partial charge in [0.05, 0.1) is 17.7 Å². The molecule has 0 heterocycles. The molecule has 1 aliphatic carbocycles. The number of ether oxygens (including phenoxy) is 1. The molecule has 224 valence electrons. The van der Waals surface area contributed by atoms with Gasteiger partial charge >= 0.3 is 0 Å². The normalized spacial score (nSPS) is 14.3. The summed E-state index contributed by atoms with van der Waals surface area (Å²) < 4.78 is 34.3. The van der Waals surface area contributed by atoms with Crippen molar-refractivity contribution in [1.82, 2.24) is 10.2 Å². The smallest absolute Gasteiger partial charge is 0.264 e. The van der Waals surface area contributed by atoms with Crippen LogP contribution in [0.1, 0.15) is 50.2 Å². The second kappa shape index (κ2) is 14.1. The largest absolute Gasteiger partial charge is 0.497 e. The lowest BCUT2D eigenvalue weighted by Crippen LogP contribution is -2.53. The molecular weight excluding hydrogens is 574 g/mol. The number of hydrogen-bond acceptors (Lipinski definition) is 5. The summed E-state index contributed by atoms with van der Waals surface area (Å²) in [5, 5.41) is 3.57. The highest BCUT2D eigenvalue weighted by atomic mass is 35.5. The van der Waals surface area contributed by atoms with Gasteiger partial charge in [0.15, 0.2) is 0 Å². The van der Waals surface area contributed by atoms with Gasteiger partial charge in [-0.1, -0.05) is 67.3 Å². The van der Waals surface area contributed by atoms with Gasteiger partial charge in [0.1, 0.15) is 18.3 Å². The van der Waals surface area contributed by atoms with Crippen LogP contribution >= 0.6 is 11.6 Å². The van der Waals surface area contributed by atoms with Gasteiger partial charge < -0.3 is 15.0 Å². The summed E-state index contributed by atoms with van der Waals surface area (Å²) in [5.41, 5.74) is 1.95. The Labute approximate surface area is 253 Å². The Morgan fingerprint density at radius 1 is 1.00 bits per heavy atom. The standard InChI is InChI=1S/C32H38ClN3O5S/c1-4-30(32(38)34-25-10-6-7-11-25)35(21-24-9-5-8-12-29(24)33)31(37)22-36(26-15-13-23(2)14-16-26)42(39,40)28-19-17-27(41-3)18-20-28/h5,8-9,12-20,25,30H,4,6-7,10-11,21-22H2,1-3H3,(H,34,38). The topological polar surface area (TPSA) is 96.0 Å². The van der Waals surface area contributed by atoms with Crippen molar-refractivity contribution in [3.8, 4) is 5.75 Å². The van der Waals surface area contributed by atoms with Crippen LogP contribution in [-0.4, -0.2) is 50.9 Å². The molecule has 1 saturated carbocycles. The maximum Gasteiger partial charge on any atom is 0.264 e. The number of hydrogen-bond donors (Lipinski definition) is 1. The summed E-state index contributed by atoms with van der Waals surface area (Å²) in [6, 6.07) is 19.4. The number of nitrogens with one attached hydrogen (secondary N) is 1. The van der Waals surface area contributed by atoms with Gasteiger partial charge in [0.2, 0.25) is 11.8 Å². The van der Waals surface area contributed by atoms with E-state index in [-0.39, 0.29) is 23.4 Å². The average molecular weight is 612 g/mol. The maximum absolute atomic E-state index is 14.2. The Bertz CT molecular complexity index is 1470. The van der Waals surface area contributed by atoms with Crippen molar-refractivity contribution in [2.75, 3.05) is 18.0 Å². The summed E-state index contributed by atoms with van der Waals surface area (Å²) in [5.74, 6) is -0.248. The van der Waals surface area contributed by atoms with E-state index in [9.17, 15) is 18.0 Å². The molecule has 1 unspecified atom stereocenters. The fraction of sp³-hybridized carbons (Fsp3) is 0.375. The first-order chi connectivity index (χ1) is 20.1. The Hall–Kier alpha value is -3.56. The van der Waals surface area contributed by atoms with Crippen LogP contribution in [0.25, 0.3) is 0 Å². The molecule has 42 heavy (non-hydrogen) atoms. The van der Waals surface area contributed by atoms with Crippen LogP contribution in [0, 0.1) is 6.92 Å². The molecule has 3 aromatic rings. The van der Waals surface area contributed by atoms with E-state index in [2.05, 4.69) is 5.32 Å². The van der Waals surface area contributed by atoms with Crippen LogP contribution in [0.3, 0.4) is 0 Å². The van der Waals surface area contributed by atoms with Gasteiger partial charge in [-0.25, -0.2) is 8.42 Å². The predicted octanol–water partition coefficient (Wildman–Crippen LogP) is 5.72. The van der Waals surface area contributed by atoms with E-state index in [1.807, 2.05) is 19.9 Å². The van der Waals surface area contributed by atoms with E-state index < -0.39 is 28.5 Å². The van der Waals surface area contributed by atoms with E-state index in [0.29, 0.717) is 28.4 Å². The number of anilines is 1. The molecule has 0 bridgehead atoms. The molecule has 1 atom stereocenters. The fourth-order valence-electron chi connectivity index (χ4n) is 5.21. The zero-order chi connectivity index (χ0) is 30.3. The second-order valence-electron chi connectivity index (χ2n) is 10.5. The van der Waals surface area contributed by atoms with Crippen molar-refractivity contribution in [3.05, 3.63) is 88.9 Å². The molecule has 0 spiro atoms. The van der Waals surface area contributed by atoms with Gasteiger partial charge in [-0.2, -0.15) is 0 Å². The minimum absolute atomic E-state index is 0.0142. The minimum Gasteiger partial charge on any atom is -0.497 e. The summed E-state index contributed by atoms with van der Waals surface area (Å²) in [6.45, 7) is 3.30. The highest BCUT2D eigenvalue weighted by Crippen LogP contribution is 2.27. The molecule has 1 N–H and O–H groups in total. The van der Waals surface area contributed by atoms with E-state index >= 15 is 0 Å². The van der Waals surface area contributed by atoms with Crippen LogP contribution in [0.4, 0.5) is 5.69 Å². The highest BCUT2D eigenvalue weighted by Gasteiger charge is 2.34. The lowest BCUT2D eigenvalue weighted by atomic mass is 10.1. The average Bonchev–Trinajstić information content (AvgIpc) is 3.50. The number of benzene rings is 3. The molecule has 3 aromatic carbocycles. The number of amides is 2. The van der Waals surface area contributed by atoms with E-state index in [4.69, 9.17) is 16.3 Å². The second-order valence-corrected chi connectivity index (χ2v) is 12.8. The zero-order valence-electron chi connectivity index (χ0n) is 24.3. The van der Waals surface area contributed by atoms with Gasteiger partial charge in [-0.3, -0.25) is 13.9 Å². The molecule has 4 rings (SSSR count). The van der Waals surface area contributed by atoms with Crippen LogP contribution in [0.5, 0.6) is 5.75 Å². The van der Waals surface area contributed by atoms with E-state index in [1.54, 1.807) is 54.6 Å². The third-order valence-corrected chi connectivity index (χ3v) is 9.79. The van der Waals surface area contributed by atoms with E-state index in [1.165, 1.54) is 24.1 Å². The van der Waals surface area contributed by atoms with E-state index in [0.717, 1.165) is 35.6 Å². The first-order valence-corrected chi connectivity index (χ1v) is 16.0. The highest BCUT2D eigenvalue weighted by molar-refractivity contribution is 7.92. The monoisotopic (exact) mass is 611 g/mol. The van der Waals surface area contributed by atoms with Gasteiger partial charge in [0.25, 0.3) is 10.0 Å². The van der Waals surface area contributed by atoms with Crippen LogP contribution in [0.15, 0.2) is 77.7 Å². The molecule has 1 fully saturated rings. The number of rotatable bonds is 12. The van der Waals surface area contributed by atoms with Crippen molar-refractivity contribution in [3.63, 3.8) is 0 Å². The van der Waals surface area contributed by atoms with Crippen molar-refractivity contribution in [2.24, 2.45) is 0 Å². The van der Waals surface area contributed by atoms with Crippen molar-refractivity contribution < 1.29 is 22.7 Å². The number of carbonyl (C=O) groups excluding carboxylic acids is 2. The Kier molecular flexibility index (Phi) is 10.5. The molecule has 10 heteroatoms. The molecule has 0 saturated heterocycles. The lowest BCUT2D eigenvalue weighted by molar-refractivity contribution is -0.140. The summed E-state index contributed by atoms with van der Waals surface area (Å²) in [6.07, 6.45) is 4.27.